The molecule has 0 radical (unpaired) electrons. The maximum atomic E-state index is 13.6. The standard InChI is InChI=1S/C17H12BrClFNO3/c1-24-17(23)11-2-5-13(19)15(9-11)21-16(22)7-3-10-8-12(18)4-6-14(10)20/h2-9H,1H3,(H,21,22)/b7-3+. The molecule has 0 aliphatic rings. The number of anilines is 1. The van der Waals surface area contributed by atoms with Crippen LogP contribution in [0.4, 0.5) is 10.1 Å². The number of hydrogen-bond acceptors (Lipinski definition) is 3. The van der Waals surface area contributed by atoms with Gasteiger partial charge >= 0.3 is 5.97 Å². The number of ether oxygens (including phenoxy) is 1. The second kappa shape index (κ2) is 8.08. The van der Waals surface area contributed by atoms with Gasteiger partial charge in [-0.2, -0.15) is 0 Å². The number of amides is 1. The predicted molar refractivity (Wildman–Crippen MR) is 94.6 cm³/mol. The molecule has 0 bridgehead atoms. The molecular formula is C17H12BrClFNO3. The van der Waals surface area contributed by atoms with Crippen LogP contribution < -0.4 is 5.32 Å². The normalized spacial score (nSPS) is 10.7. The van der Waals surface area contributed by atoms with E-state index in [4.69, 9.17) is 11.6 Å². The number of esters is 1. The van der Waals surface area contributed by atoms with Gasteiger partial charge in [0.15, 0.2) is 0 Å². The van der Waals surface area contributed by atoms with E-state index in [1.54, 1.807) is 12.1 Å². The van der Waals surface area contributed by atoms with Crippen LogP contribution in [0.25, 0.3) is 6.08 Å². The first kappa shape index (κ1) is 18.2. The number of benzene rings is 2. The molecule has 24 heavy (non-hydrogen) atoms. The maximum absolute atomic E-state index is 13.6. The van der Waals surface area contributed by atoms with E-state index in [1.807, 2.05) is 0 Å². The summed E-state index contributed by atoms with van der Waals surface area (Å²) in [6.07, 6.45) is 2.51. The van der Waals surface area contributed by atoms with E-state index >= 15 is 0 Å². The zero-order chi connectivity index (χ0) is 17.7. The van der Waals surface area contributed by atoms with E-state index < -0.39 is 17.7 Å². The van der Waals surface area contributed by atoms with Gasteiger partial charge in [-0.25, -0.2) is 9.18 Å². The molecule has 0 aromatic heterocycles. The van der Waals surface area contributed by atoms with Crippen molar-refractivity contribution in [3.63, 3.8) is 0 Å². The molecule has 0 fully saturated rings. The molecule has 2 rings (SSSR count). The van der Waals surface area contributed by atoms with Crippen molar-refractivity contribution in [2.45, 2.75) is 0 Å². The largest absolute Gasteiger partial charge is 0.465 e. The molecule has 2 aromatic carbocycles. The third kappa shape index (κ3) is 4.66. The first-order chi connectivity index (χ1) is 11.4. The summed E-state index contributed by atoms with van der Waals surface area (Å²) in [5, 5.41) is 2.80. The summed E-state index contributed by atoms with van der Waals surface area (Å²) in [4.78, 5) is 23.5. The molecule has 0 unspecified atom stereocenters. The Balaban J connectivity index is 2.16. The third-order valence-electron chi connectivity index (χ3n) is 3.02. The summed E-state index contributed by atoms with van der Waals surface area (Å²) in [5.41, 5.74) is 0.761. The summed E-state index contributed by atoms with van der Waals surface area (Å²) in [6, 6.07) is 8.75. The lowest BCUT2D eigenvalue weighted by Gasteiger charge is -2.07. The Labute approximate surface area is 151 Å². The Kier molecular flexibility index (Phi) is 6.11. The highest BCUT2D eigenvalue weighted by Gasteiger charge is 2.10. The van der Waals surface area contributed by atoms with Gasteiger partial charge in [-0.05, 0) is 42.5 Å². The van der Waals surface area contributed by atoms with Crippen molar-refractivity contribution >= 4 is 51.2 Å². The van der Waals surface area contributed by atoms with Gasteiger partial charge in [0.05, 0.1) is 23.4 Å². The molecule has 0 aliphatic heterocycles. The van der Waals surface area contributed by atoms with Crippen LogP contribution in [0.1, 0.15) is 15.9 Å². The fraction of sp³-hybridized carbons (Fsp3) is 0.0588. The molecule has 1 N–H and O–H groups in total. The zero-order valence-electron chi connectivity index (χ0n) is 12.5. The van der Waals surface area contributed by atoms with Crippen LogP contribution in [0.15, 0.2) is 46.9 Å². The highest BCUT2D eigenvalue weighted by Crippen LogP contribution is 2.23. The molecule has 4 nitrogen and oxygen atoms in total. The molecule has 2 aromatic rings. The van der Waals surface area contributed by atoms with E-state index in [2.05, 4.69) is 26.0 Å². The summed E-state index contributed by atoms with van der Waals surface area (Å²) in [6.45, 7) is 0. The zero-order valence-corrected chi connectivity index (χ0v) is 14.8. The number of nitrogens with one attached hydrogen (secondary N) is 1. The van der Waals surface area contributed by atoms with Crippen molar-refractivity contribution in [3.8, 4) is 0 Å². The molecule has 0 saturated heterocycles. The summed E-state index contributed by atoms with van der Waals surface area (Å²) < 4.78 is 18.9. The van der Waals surface area contributed by atoms with Crippen LogP contribution in [0.5, 0.6) is 0 Å². The molecule has 124 valence electrons. The van der Waals surface area contributed by atoms with Crippen molar-refractivity contribution in [3.05, 3.63) is 68.9 Å². The molecule has 0 spiro atoms. The highest BCUT2D eigenvalue weighted by atomic mass is 79.9. The SMILES string of the molecule is COC(=O)c1ccc(Cl)c(NC(=O)/C=C/c2cc(Br)ccc2F)c1. The van der Waals surface area contributed by atoms with Gasteiger partial charge in [-0.1, -0.05) is 27.5 Å². The van der Waals surface area contributed by atoms with Crippen molar-refractivity contribution in [2.24, 2.45) is 0 Å². The fourth-order valence-electron chi connectivity index (χ4n) is 1.85. The van der Waals surface area contributed by atoms with Gasteiger partial charge in [-0.15, -0.1) is 0 Å². The monoisotopic (exact) mass is 411 g/mol. The molecule has 0 aliphatic carbocycles. The van der Waals surface area contributed by atoms with Crippen LogP contribution in [0, 0.1) is 5.82 Å². The topological polar surface area (TPSA) is 55.4 Å². The fourth-order valence-corrected chi connectivity index (χ4v) is 2.39. The number of halogens is 3. The molecule has 0 heterocycles. The van der Waals surface area contributed by atoms with Crippen LogP contribution in [-0.4, -0.2) is 19.0 Å². The lowest BCUT2D eigenvalue weighted by Crippen LogP contribution is -2.10. The second-order valence-corrected chi connectivity index (χ2v) is 6.00. The van der Waals surface area contributed by atoms with Gasteiger partial charge < -0.3 is 10.1 Å². The van der Waals surface area contributed by atoms with E-state index in [0.29, 0.717) is 4.47 Å². The van der Waals surface area contributed by atoms with Crippen molar-refractivity contribution in [1.29, 1.82) is 0 Å². The first-order valence-electron chi connectivity index (χ1n) is 6.72. The molecule has 1 amide bonds. The van der Waals surface area contributed by atoms with Gasteiger partial charge in [0, 0.05) is 16.1 Å². The average Bonchev–Trinajstić information content (AvgIpc) is 2.57. The predicted octanol–water partition coefficient (Wildman–Crippen LogP) is 4.68. The number of methoxy groups -OCH3 is 1. The van der Waals surface area contributed by atoms with Gasteiger partial charge in [0.1, 0.15) is 5.82 Å². The number of carbonyl (C=O) groups excluding carboxylic acids is 2. The van der Waals surface area contributed by atoms with E-state index in [9.17, 15) is 14.0 Å². The quantitative estimate of drug-likeness (QED) is 0.586. The van der Waals surface area contributed by atoms with Crippen LogP contribution in [0.3, 0.4) is 0 Å². The Hall–Kier alpha value is -2.18. The maximum Gasteiger partial charge on any atom is 0.337 e. The minimum Gasteiger partial charge on any atom is -0.465 e. The van der Waals surface area contributed by atoms with Crippen LogP contribution in [-0.2, 0) is 9.53 Å². The van der Waals surface area contributed by atoms with Crippen molar-refractivity contribution in [1.82, 2.24) is 0 Å². The number of hydrogen-bond donors (Lipinski definition) is 1. The lowest BCUT2D eigenvalue weighted by atomic mass is 10.2. The van der Waals surface area contributed by atoms with Gasteiger partial charge in [0.2, 0.25) is 5.91 Å². The number of carbonyl (C=O) groups is 2. The molecule has 0 atom stereocenters. The van der Waals surface area contributed by atoms with Crippen LogP contribution in [0.2, 0.25) is 5.02 Å². The minimum absolute atomic E-state index is 0.249. The summed E-state index contributed by atoms with van der Waals surface area (Å²) in [7, 11) is 1.25. The average molecular weight is 413 g/mol. The Morgan fingerprint density at radius 3 is 2.71 bits per heavy atom. The Morgan fingerprint density at radius 2 is 2.00 bits per heavy atom. The third-order valence-corrected chi connectivity index (χ3v) is 3.84. The first-order valence-corrected chi connectivity index (χ1v) is 7.90. The Bertz CT molecular complexity index is 823. The van der Waals surface area contributed by atoms with E-state index in [0.717, 1.165) is 0 Å². The van der Waals surface area contributed by atoms with Crippen LogP contribution >= 0.6 is 27.5 Å². The second-order valence-electron chi connectivity index (χ2n) is 4.67. The molecule has 0 saturated carbocycles. The lowest BCUT2D eigenvalue weighted by molar-refractivity contribution is -0.111. The smallest absolute Gasteiger partial charge is 0.337 e. The van der Waals surface area contributed by atoms with Gasteiger partial charge in [0.25, 0.3) is 0 Å². The van der Waals surface area contributed by atoms with Gasteiger partial charge in [-0.3, -0.25) is 4.79 Å². The molecular weight excluding hydrogens is 401 g/mol. The molecule has 7 heteroatoms. The van der Waals surface area contributed by atoms with E-state index in [1.165, 1.54) is 43.5 Å². The Morgan fingerprint density at radius 1 is 1.25 bits per heavy atom. The summed E-state index contributed by atoms with van der Waals surface area (Å²) in [5.74, 6) is -1.51. The number of rotatable bonds is 4. The minimum atomic E-state index is -0.547. The summed E-state index contributed by atoms with van der Waals surface area (Å²) >= 11 is 9.23. The van der Waals surface area contributed by atoms with Crippen molar-refractivity contribution in [2.75, 3.05) is 12.4 Å². The van der Waals surface area contributed by atoms with E-state index in [-0.39, 0.29) is 21.8 Å². The highest BCUT2D eigenvalue weighted by molar-refractivity contribution is 9.10. The van der Waals surface area contributed by atoms with Crippen molar-refractivity contribution < 1.29 is 18.7 Å².